The fourth-order valence-corrected chi connectivity index (χ4v) is 2.77. The third kappa shape index (κ3) is 3.44. The van der Waals surface area contributed by atoms with E-state index in [2.05, 4.69) is 38.3 Å². The molecule has 3 heteroatoms. The van der Waals surface area contributed by atoms with Crippen LogP contribution in [0.5, 0.6) is 0 Å². The Morgan fingerprint density at radius 3 is 2.35 bits per heavy atom. The van der Waals surface area contributed by atoms with E-state index in [1.807, 2.05) is 0 Å². The molecule has 0 aromatic rings. The van der Waals surface area contributed by atoms with Crippen molar-refractivity contribution in [1.29, 1.82) is 0 Å². The molecule has 17 heavy (non-hydrogen) atoms. The van der Waals surface area contributed by atoms with Crippen molar-refractivity contribution in [2.24, 2.45) is 5.92 Å². The predicted octanol–water partition coefficient (Wildman–Crippen LogP) is 2.46. The van der Waals surface area contributed by atoms with Crippen LogP contribution in [0.3, 0.4) is 0 Å². The second-order valence-electron chi connectivity index (χ2n) is 5.32. The molecule has 1 fully saturated rings. The number of nitrogens with one attached hydrogen (secondary N) is 2. The van der Waals surface area contributed by atoms with Gasteiger partial charge in [0.15, 0.2) is 0 Å². The van der Waals surface area contributed by atoms with Crippen molar-refractivity contribution in [1.82, 2.24) is 10.6 Å². The average Bonchev–Trinajstić information content (AvgIpc) is 2.36. The second kappa shape index (κ2) is 6.39. The SMILES string of the molecule is CCC(CC)(CC)NC(=O)C1CCCNC1C. The molecule has 0 aromatic carbocycles. The summed E-state index contributed by atoms with van der Waals surface area (Å²) in [5.74, 6) is 0.392. The van der Waals surface area contributed by atoms with Crippen molar-refractivity contribution in [2.75, 3.05) is 6.54 Å². The first-order chi connectivity index (χ1) is 8.08. The molecule has 0 radical (unpaired) electrons. The molecule has 0 saturated carbocycles. The summed E-state index contributed by atoms with van der Waals surface area (Å²) in [4.78, 5) is 12.3. The lowest BCUT2D eigenvalue weighted by Crippen LogP contribution is -2.54. The molecule has 2 unspecified atom stereocenters. The maximum Gasteiger partial charge on any atom is 0.225 e. The van der Waals surface area contributed by atoms with E-state index in [1.54, 1.807) is 0 Å². The van der Waals surface area contributed by atoms with E-state index in [0.29, 0.717) is 6.04 Å². The van der Waals surface area contributed by atoms with Crippen LogP contribution in [0.15, 0.2) is 0 Å². The third-order valence-electron chi connectivity index (χ3n) is 4.52. The van der Waals surface area contributed by atoms with Crippen LogP contribution in [-0.2, 0) is 4.79 Å². The molecule has 1 rings (SSSR count). The van der Waals surface area contributed by atoms with Gasteiger partial charge in [0.2, 0.25) is 5.91 Å². The first-order valence-corrected chi connectivity index (χ1v) is 7.14. The Hall–Kier alpha value is -0.570. The van der Waals surface area contributed by atoms with Crippen LogP contribution in [0.25, 0.3) is 0 Å². The standard InChI is InChI=1S/C14H28N2O/c1-5-14(6-2,7-3)16-13(17)12-9-8-10-15-11(12)4/h11-12,15H,5-10H2,1-4H3,(H,16,17). The lowest BCUT2D eigenvalue weighted by atomic mass is 9.86. The number of hydrogen-bond acceptors (Lipinski definition) is 2. The molecule has 1 saturated heterocycles. The van der Waals surface area contributed by atoms with Crippen LogP contribution in [0.1, 0.15) is 59.8 Å². The topological polar surface area (TPSA) is 41.1 Å². The Kier molecular flexibility index (Phi) is 5.44. The molecular weight excluding hydrogens is 212 g/mol. The van der Waals surface area contributed by atoms with Gasteiger partial charge in [-0.25, -0.2) is 0 Å². The van der Waals surface area contributed by atoms with Gasteiger partial charge in [0, 0.05) is 11.6 Å². The summed E-state index contributed by atoms with van der Waals surface area (Å²) in [6.45, 7) is 9.65. The number of carbonyl (C=O) groups is 1. The summed E-state index contributed by atoms with van der Waals surface area (Å²) in [5, 5.41) is 6.69. The largest absolute Gasteiger partial charge is 0.350 e. The minimum Gasteiger partial charge on any atom is -0.350 e. The lowest BCUT2D eigenvalue weighted by molar-refractivity contribution is -0.128. The fraction of sp³-hybridized carbons (Fsp3) is 0.929. The third-order valence-corrected chi connectivity index (χ3v) is 4.52. The summed E-state index contributed by atoms with van der Waals surface area (Å²) in [7, 11) is 0. The van der Waals surface area contributed by atoms with E-state index in [4.69, 9.17) is 0 Å². The van der Waals surface area contributed by atoms with Crippen molar-refractivity contribution in [3.8, 4) is 0 Å². The van der Waals surface area contributed by atoms with Gasteiger partial charge in [-0.1, -0.05) is 20.8 Å². The van der Waals surface area contributed by atoms with E-state index in [-0.39, 0.29) is 17.4 Å². The average molecular weight is 240 g/mol. The van der Waals surface area contributed by atoms with Gasteiger partial charge in [-0.05, 0) is 45.6 Å². The maximum absolute atomic E-state index is 12.3. The predicted molar refractivity (Wildman–Crippen MR) is 71.9 cm³/mol. The molecule has 0 aliphatic carbocycles. The molecule has 1 heterocycles. The minimum atomic E-state index is 0.00818. The van der Waals surface area contributed by atoms with Crippen LogP contribution < -0.4 is 10.6 Å². The number of piperidine rings is 1. The number of rotatable bonds is 5. The van der Waals surface area contributed by atoms with E-state index < -0.39 is 0 Å². The van der Waals surface area contributed by atoms with E-state index in [0.717, 1.165) is 38.6 Å². The highest BCUT2D eigenvalue weighted by Crippen LogP contribution is 2.23. The van der Waals surface area contributed by atoms with Crippen molar-refractivity contribution in [2.45, 2.75) is 71.4 Å². The first-order valence-electron chi connectivity index (χ1n) is 7.14. The van der Waals surface area contributed by atoms with Gasteiger partial charge in [0.25, 0.3) is 0 Å². The summed E-state index contributed by atoms with van der Waals surface area (Å²) < 4.78 is 0. The van der Waals surface area contributed by atoms with Gasteiger partial charge < -0.3 is 10.6 Å². The first kappa shape index (κ1) is 14.5. The minimum absolute atomic E-state index is 0.00818. The quantitative estimate of drug-likeness (QED) is 0.775. The van der Waals surface area contributed by atoms with E-state index in [1.165, 1.54) is 0 Å². The lowest BCUT2D eigenvalue weighted by Gasteiger charge is -2.36. The monoisotopic (exact) mass is 240 g/mol. The number of hydrogen-bond donors (Lipinski definition) is 2. The molecule has 1 amide bonds. The van der Waals surface area contributed by atoms with E-state index >= 15 is 0 Å². The van der Waals surface area contributed by atoms with Gasteiger partial charge >= 0.3 is 0 Å². The van der Waals surface area contributed by atoms with Gasteiger partial charge in [-0.2, -0.15) is 0 Å². The number of carbonyl (C=O) groups excluding carboxylic acids is 1. The van der Waals surface area contributed by atoms with Gasteiger partial charge in [-0.3, -0.25) is 4.79 Å². The Labute approximate surface area is 106 Å². The van der Waals surface area contributed by atoms with E-state index in [9.17, 15) is 4.79 Å². The molecule has 2 atom stereocenters. The van der Waals surface area contributed by atoms with Gasteiger partial charge in [0.1, 0.15) is 0 Å². The highest BCUT2D eigenvalue weighted by atomic mass is 16.2. The van der Waals surface area contributed by atoms with Gasteiger partial charge in [-0.15, -0.1) is 0 Å². The molecule has 100 valence electrons. The summed E-state index contributed by atoms with van der Waals surface area (Å²) in [6, 6.07) is 0.312. The normalized spacial score (nSPS) is 25.6. The van der Waals surface area contributed by atoms with Crippen LogP contribution in [-0.4, -0.2) is 24.0 Å². The van der Waals surface area contributed by atoms with Crippen LogP contribution >= 0.6 is 0 Å². The second-order valence-corrected chi connectivity index (χ2v) is 5.32. The number of amides is 1. The van der Waals surface area contributed by atoms with Crippen LogP contribution in [0.4, 0.5) is 0 Å². The zero-order valence-electron chi connectivity index (χ0n) is 11.8. The molecule has 0 spiro atoms. The molecule has 2 N–H and O–H groups in total. The van der Waals surface area contributed by atoms with Crippen molar-refractivity contribution in [3.63, 3.8) is 0 Å². The Balaban J connectivity index is 2.63. The molecule has 1 aliphatic rings. The van der Waals surface area contributed by atoms with Crippen molar-refractivity contribution in [3.05, 3.63) is 0 Å². The van der Waals surface area contributed by atoms with Crippen molar-refractivity contribution < 1.29 is 4.79 Å². The zero-order valence-corrected chi connectivity index (χ0v) is 11.8. The Morgan fingerprint density at radius 1 is 1.29 bits per heavy atom. The van der Waals surface area contributed by atoms with Crippen molar-refractivity contribution >= 4 is 5.91 Å². The molecule has 1 aliphatic heterocycles. The Bertz CT molecular complexity index is 240. The highest BCUT2D eigenvalue weighted by molar-refractivity contribution is 5.80. The molecule has 3 nitrogen and oxygen atoms in total. The highest BCUT2D eigenvalue weighted by Gasteiger charge is 2.32. The maximum atomic E-state index is 12.3. The summed E-state index contributed by atoms with van der Waals surface area (Å²) >= 11 is 0. The molecule has 0 aromatic heterocycles. The molecule has 0 bridgehead atoms. The summed E-state index contributed by atoms with van der Waals surface area (Å²) in [5.41, 5.74) is 0.00818. The van der Waals surface area contributed by atoms with Crippen LogP contribution in [0.2, 0.25) is 0 Å². The zero-order chi connectivity index (χ0) is 12.9. The summed E-state index contributed by atoms with van der Waals surface area (Å²) in [6.07, 6.45) is 5.17. The Morgan fingerprint density at radius 2 is 1.88 bits per heavy atom. The van der Waals surface area contributed by atoms with Crippen LogP contribution in [0, 0.1) is 5.92 Å². The fourth-order valence-electron chi connectivity index (χ4n) is 2.77. The molecular formula is C14H28N2O. The smallest absolute Gasteiger partial charge is 0.225 e. The van der Waals surface area contributed by atoms with Gasteiger partial charge in [0.05, 0.1) is 5.92 Å².